The first kappa shape index (κ1) is 18.9. The number of morpholine rings is 1. The molecule has 1 fully saturated rings. The minimum atomic E-state index is -0.248. The van der Waals surface area contributed by atoms with Crippen LogP contribution in [0.2, 0.25) is 0 Å². The Kier molecular flexibility index (Phi) is 6.44. The van der Waals surface area contributed by atoms with E-state index in [0.717, 1.165) is 6.42 Å². The van der Waals surface area contributed by atoms with Gasteiger partial charge in [-0.05, 0) is 48.4 Å². The van der Waals surface area contributed by atoms with E-state index >= 15 is 0 Å². The maximum absolute atomic E-state index is 12.4. The highest BCUT2D eigenvalue weighted by atomic mass is 16.5. The fraction of sp³-hybridized carbons (Fsp3) is 0.333. The van der Waals surface area contributed by atoms with E-state index in [1.165, 1.54) is 5.56 Å². The third-order valence-corrected chi connectivity index (χ3v) is 4.42. The van der Waals surface area contributed by atoms with Gasteiger partial charge >= 0.3 is 0 Å². The lowest BCUT2D eigenvalue weighted by Crippen LogP contribution is -2.40. The number of aryl methyl sites for hydroxylation is 1. The summed E-state index contributed by atoms with van der Waals surface area (Å²) in [7, 11) is 0. The van der Waals surface area contributed by atoms with E-state index in [4.69, 9.17) is 9.47 Å². The number of ether oxygens (including phenoxy) is 2. The van der Waals surface area contributed by atoms with Crippen LogP contribution in [-0.4, -0.2) is 49.6 Å². The summed E-state index contributed by atoms with van der Waals surface area (Å²) in [4.78, 5) is 26.2. The van der Waals surface area contributed by atoms with Gasteiger partial charge in [0.05, 0.1) is 13.2 Å². The van der Waals surface area contributed by atoms with Gasteiger partial charge in [-0.1, -0.05) is 19.1 Å². The first-order valence-corrected chi connectivity index (χ1v) is 9.14. The summed E-state index contributed by atoms with van der Waals surface area (Å²) in [5.41, 5.74) is 2.45. The number of benzene rings is 2. The molecule has 1 saturated heterocycles. The number of rotatable bonds is 6. The van der Waals surface area contributed by atoms with Crippen molar-refractivity contribution in [1.29, 1.82) is 0 Å². The molecule has 27 heavy (non-hydrogen) atoms. The van der Waals surface area contributed by atoms with Crippen LogP contribution in [0.25, 0.3) is 0 Å². The third kappa shape index (κ3) is 5.31. The smallest absolute Gasteiger partial charge is 0.262 e. The van der Waals surface area contributed by atoms with Gasteiger partial charge in [0.2, 0.25) is 0 Å². The van der Waals surface area contributed by atoms with E-state index in [9.17, 15) is 9.59 Å². The molecule has 1 aliphatic heterocycles. The quantitative estimate of drug-likeness (QED) is 0.851. The van der Waals surface area contributed by atoms with Gasteiger partial charge in [0, 0.05) is 24.3 Å². The average molecular weight is 368 g/mol. The van der Waals surface area contributed by atoms with Crippen molar-refractivity contribution in [1.82, 2.24) is 4.90 Å². The summed E-state index contributed by atoms with van der Waals surface area (Å²) in [5, 5.41) is 2.77. The van der Waals surface area contributed by atoms with Gasteiger partial charge < -0.3 is 19.7 Å². The fourth-order valence-electron chi connectivity index (χ4n) is 2.81. The minimum absolute atomic E-state index is 0.0185. The summed E-state index contributed by atoms with van der Waals surface area (Å²) in [6, 6.07) is 14.6. The molecule has 6 heteroatoms. The maximum Gasteiger partial charge on any atom is 0.262 e. The molecule has 6 nitrogen and oxygen atoms in total. The van der Waals surface area contributed by atoms with Crippen molar-refractivity contribution in [2.75, 3.05) is 38.2 Å². The molecule has 3 rings (SSSR count). The van der Waals surface area contributed by atoms with E-state index < -0.39 is 0 Å². The number of hydrogen-bond donors (Lipinski definition) is 1. The van der Waals surface area contributed by atoms with Crippen LogP contribution in [-0.2, 0) is 16.0 Å². The Morgan fingerprint density at radius 1 is 1.04 bits per heavy atom. The van der Waals surface area contributed by atoms with Crippen molar-refractivity contribution < 1.29 is 19.1 Å². The van der Waals surface area contributed by atoms with E-state index in [1.807, 2.05) is 24.3 Å². The zero-order chi connectivity index (χ0) is 19.1. The number of nitrogens with zero attached hydrogens (tertiary/aromatic N) is 1. The first-order chi connectivity index (χ1) is 13.2. The molecular formula is C21H24N2O4. The predicted octanol–water partition coefficient (Wildman–Crippen LogP) is 2.74. The summed E-state index contributed by atoms with van der Waals surface area (Å²) in [6.07, 6.45) is 0.963. The van der Waals surface area contributed by atoms with Crippen LogP contribution in [0.15, 0.2) is 48.5 Å². The second-order valence-corrected chi connectivity index (χ2v) is 6.32. The standard InChI is InChI=1S/C21H24N2O4/c1-2-16-3-9-19(10-4-16)27-15-20(24)22-18-7-5-17(6-8-18)21(25)23-11-13-26-14-12-23/h3-10H,2,11-15H2,1H3,(H,22,24). The second kappa shape index (κ2) is 9.19. The largest absolute Gasteiger partial charge is 0.484 e. The summed E-state index contributed by atoms with van der Waals surface area (Å²) < 4.78 is 10.8. The zero-order valence-corrected chi connectivity index (χ0v) is 15.4. The highest BCUT2D eigenvalue weighted by molar-refractivity contribution is 5.96. The molecule has 0 unspecified atom stereocenters. The van der Waals surface area contributed by atoms with Crippen molar-refractivity contribution >= 4 is 17.5 Å². The normalized spacial score (nSPS) is 13.9. The average Bonchev–Trinajstić information content (AvgIpc) is 2.73. The molecule has 0 spiro atoms. The first-order valence-electron chi connectivity index (χ1n) is 9.14. The van der Waals surface area contributed by atoms with Crippen LogP contribution in [0, 0.1) is 0 Å². The number of carbonyl (C=O) groups is 2. The number of nitrogens with one attached hydrogen (secondary N) is 1. The van der Waals surface area contributed by atoms with Crippen molar-refractivity contribution in [2.24, 2.45) is 0 Å². The van der Waals surface area contributed by atoms with Crippen LogP contribution in [0.1, 0.15) is 22.8 Å². The van der Waals surface area contributed by atoms with Crippen molar-refractivity contribution in [3.63, 3.8) is 0 Å². The van der Waals surface area contributed by atoms with E-state index in [-0.39, 0.29) is 18.4 Å². The van der Waals surface area contributed by atoms with Gasteiger partial charge in [-0.15, -0.1) is 0 Å². The molecule has 0 radical (unpaired) electrons. The molecule has 0 bridgehead atoms. The van der Waals surface area contributed by atoms with E-state index in [1.54, 1.807) is 29.2 Å². The molecule has 0 aromatic heterocycles. The van der Waals surface area contributed by atoms with Crippen LogP contribution in [0.5, 0.6) is 5.75 Å². The van der Waals surface area contributed by atoms with Gasteiger partial charge in [0.15, 0.2) is 6.61 Å². The zero-order valence-electron chi connectivity index (χ0n) is 15.4. The van der Waals surface area contributed by atoms with Gasteiger partial charge in [-0.25, -0.2) is 0 Å². The Balaban J connectivity index is 1.49. The predicted molar refractivity (Wildman–Crippen MR) is 103 cm³/mol. The van der Waals surface area contributed by atoms with Crippen LogP contribution < -0.4 is 10.1 Å². The molecule has 2 aromatic rings. The van der Waals surface area contributed by atoms with Gasteiger partial charge in [-0.3, -0.25) is 9.59 Å². The third-order valence-electron chi connectivity index (χ3n) is 4.42. The van der Waals surface area contributed by atoms with Crippen molar-refractivity contribution in [3.8, 4) is 5.75 Å². The molecule has 0 atom stereocenters. The summed E-state index contributed by atoms with van der Waals surface area (Å²) in [5.74, 6) is 0.394. The highest BCUT2D eigenvalue weighted by Gasteiger charge is 2.18. The Morgan fingerprint density at radius 3 is 2.33 bits per heavy atom. The number of carbonyl (C=O) groups excluding carboxylic acids is 2. The van der Waals surface area contributed by atoms with Crippen LogP contribution in [0.3, 0.4) is 0 Å². The summed E-state index contributed by atoms with van der Waals surface area (Å²) >= 11 is 0. The monoisotopic (exact) mass is 368 g/mol. The second-order valence-electron chi connectivity index (χ2n) is 6.32. The summed E-state index contributed by atoms with van der Waals surface area (Å²) in [6.45, 7) is 4.37. The molecule has 142 valence electrons. The molecule has 1 N–H and O–H groups in total. The number of anilines is 1. The molecule has 2 amide bonds. The van der Waals surface area contributed by atoms with E-state index in [2.05, 4.69) is 12.2 Å². The lowest BCUT2D eigenvalue weighted by molar-refractivity contribution is -0.118. The lowest BCUT2D eigenvalue weighted by Gasteiger charge is -2.26. The highest BCUT2D eigenvalue weighted by Crippen LogP contribution is 2.14. The Bertz CT molecular complexity index is 766. The van der Waals surface area contributed by atoms with E-state index in [0.29, 0.717) is 43.3 Å². The van der Waals surface area contributed by atoms with Crippen molar-refractivity contribution in [2.45, 2.75) is 13.3 Å². The lowest BCUT2D eigenvalue weighted by atomic mass is 10.1. The fourth-order valence-corrected chi connectivity index (χ4v) is 2.81. The molecule has 0 aliphatic carbocycles. The molecule has 1 heterocycles. The van der Waals surface area contributed by atoms with Crippen LogP contribution >= 0.6 is 0 Å². The topological polar surface area (TPSA) is 67.9 Å². The molecule has 2 aromatic carbocycles. The molecule has 0 saturated carbocycles. The van der Waals surface area contributed by atoms with Gasteiger partial charge in [0.1, 0.15) is 5.75 Å². The SMILES string of the molecule is CCc1ccc(OCC(=O)Nc2ccc(C(=O)N3CCOCC3)cc2)cc1. The Labute approximate surface area is 159 Å². The molecular weight excluding hydrogens is 344 g/mol. The minimum Gasteiger partial charge on any atom is -0.484 e. The number of hydrogen-bond acceptors (Lipinski definition) is 4. The molecule has 1 aliphatic rings. The number of amides is 2. The maximum atomic E-state index is 12.4. The Morgan fingerprint density at radius 2 is 1.70 bits per heavy atom. The van der Waals surface area contributed by atoms with Crippen LogP contribution in [0.4, 0.5) is 5.69 Å². The van der Waals surface area contributed by atoms with Gasteiger partial charge in [-0.2, -0.15) is 0 Å². The van der Waals surface area contributed by atoms with Gasteiger partial charge in [0.25, 0.3) is 11.8 Å². The van der Waals surface area contributed by atoms with Crippen molar-refractivity contribution in [3.05, 3.63) is 59.7 Å². The Hall–Kier alpha value is -2.86.